The lowest BCUT2D eigenvalue weighted by Crippen LogP contribution is -2.28. The van der Waals surface area contributed by atoms with Gasteiger partial charge in [-0.25, -0.2) is 0 Å². The number of anilines is 2. The Kier molecular flexibility index (Phi) is 3.94. The molecule has 22 heavy (non-hydrogen) atoms. The Labute approximate surface area is 134 Å². The van der Waals surface area contributed by atoms with Crippen LogP contribution in [0.4, 0.5) is 11.4 Å². The zero-order valence-corrected chi connectivity index (χ0v) is 13.2. The number of ketones is 1. The maximum atomic E-state index is 12.3. The summed E-state index contributed by atoms with van der Waals surface area (Å²) in [5.74, 6) is 1.28. The Bertz CT molecular complexity index is 713. The van der Waals surface area contributed by atoms with Gasteiger partial charge in [0.25, 0.3) is 0 Å². The third kappa shape index (κ3) is 2.50. The number of halogens is 1. The summed E-state index contributed by atoms with van der Waals surface area (Å²) >= 11 is 5.96. The van der Waals surface area contributed by atoms with Crippen LogP contribution in [0.2, 0.25) is 5.02 Å². The zero-order valence-electron chi connectivity index (χ0n) is 12.4. The van der Waals surface area contributed by atoms with Crippen LogP contribution in [0, 0.1) is 0 Å². The first-order valence-electron chi connectivity index (χ1n) is 6.96. The summed E-state index contributed by atoms with van der Waals surface area (Å²) < 4.78 is 10.7. The average molecular weight is 318 g/mol. The number of carbonyl (C=O) groups excluding carboxylic acids is 1. The molecule has 0 saturated carbocycles. The van der Waals surface area contributed by atoms with Crippen LogP contribution >= 0.6 is 11.6 Å². The fraction of sp³-hybridized carbons (Fsp3) is 0.235. The van der Waals surface area contributed by atoms with Crippen LogP contribution < -0.4 is 14.4 Å². The fourth-order valence-corrected chi connectivity index (χ4v) is 2.82. The van der Waals surface area contributed by atoms with Crippen molar-refractivity contribution in [3.63, 3.8) is 0 Å². The monoisotopic (exact) mass is 317 g/mol. The quantitative estimate of drug-likeness (QED) is 0.855. The molecule has 3 rings (SSSR count). The number of methoxy groups -OCH3 is 2. The first-order chi connectivity index (χ1) is 10.6. The third-order valence-corrected chi connectivity index (χ3v) is 4.03. The minimum absolute atomic E-state index is 0.0831. The van der Waals surface area contributed by atoms with Crippen molar-refractivity contribution in [1.82, 2.24) is 0 Å². The van der Waals surface area contributed by atoms with Gasteiger partial charge in [-0.1, -0.05) is 11.6 Å². The summed E-state index contributed by atoms with van der Waals surface area (Å²) in [6.45, 7) is 0.615. The molecule has 0 saturated heterocycles. The Balaban J connectivity index is 2.16. The molecule has 0 radical (unpaired) electrons. The standard InChI is InChI=1S/C17H16ClNO3/c1-21-13-9-14-17(16(10-13)22-2)15(20)7-8-19(14)12-5-3-11(18)4-6-12/h3-6,9-10H,7-8H2,1-2H3. The zero-order chi connectivity index (χ0) is 15.7. The molecule has 2 aromatic carbocycles. The van der Waals surface area contributed by atoms with E-state index in [9.17, 15) is 4.79 Å². The molecule has 1 heterocycles. The highest BCUT2D eigenvalue weighted by atomic mass is 35.5. The SMILES string of the molecule is COc1cc(OC)c2c(c1)N(c1ccc(Cl)cc1)CCC2=O. The molecule has 0 bridgehead atoms. The van der Waals surface area contributed by atoms with Gasteiger partial charge in [-0.3, -0.25) is 4.79 Å². The predicted molar refractivity (Wildman–Crippen MR) is 87.0 cm³/mol. The molecule has 0 fully saturated rings. The number of fused-ring (bicyclic) bond motifs is 1. The van der Waals surface area contributed by atoms with Crippen LogP contribution in [-0.4, -0.2) is 26.5 Å². The lowest BCUT2D eigenvalue weighted by atomic mass is 9.98. The molecule has 0 aromatic heterocycles. The van der Waals surface area contributed by atoms with Gasteiger partial charge in [0.15, 0.2) is 5.78 Å². The topological polar surface area (TPSA) is 38.8 Å². The molecule has 4 nitrogen and oxygen atoms in total. The van der Waals surface area contributed by atoms with E-state index in [1.165, 1.54) is 0 Å². The molecule has 5 heteroatoms. The maximum absolute atomic E-state index is 12.3. The van der Waals surface area contributed by atoms with E-state index in [1.807, 2.05) is 30.3 Å². The Hall–Kier alpha value is -2.20. The Morgan fingerprint density at radius 1 is 1.09 bits per heavy atom. The smallest absolute Gasteiger partial charge is 0.170 e. The second kappa shape index (κ2) is 5.89. The molecule has 0 spiro atoms. The summed E-state index contributed by atoms with van der Waals surface area (Å²) in [5, 5.41) is 0.681. The van der Waals surface area contributed by atoms with Crippen LogP contribution in [0.25, 0.3) is 0 Å². The summed E-state index contributed by atoms with van der Waals surface area (Å²) in [7, 11) is 3.15. The molecule has 0 N–H and O–H groups in total. The normalized spacial score (nSPS) is 13.8. The summed E-state index contributed by atoms with van der Waals surface area (Å²) in [4.78, 5) is 14.4. The van der Waals surface area contributed by atoms with Gasteiger partial charge in [0.1, 0.15) is 11.5 Å². The number of hydrogen-bond acceptors (Lipinski definition) is 4. The van der Waals surface area contributed by atoms with Gasteiger partial charge in [-0.15, -0.1) is 0 Å². The minimum atomic E-state index is 0.0831. The lowest BCUT2D eigenvalue weighted by molar-refractivity contribution is 0.0978. The number of ether oxygens (including phenoxy) is 2. The van der Waals surface area contributed by atoms with Crippen LogP contribution in [0.15, 0.2) is 36.4 Å². The number of carbonyl (C=O) groups is 1. The molecular formula is C17H16ClNO3. The molecular weight excluding hydrogens is 302 g/mol. The van der Waals surface area contributed by atoms with E-state index in [0.29, 0.717) is 35.1 Å². The highest BCUT2D eigenvalue weighted by molar-refractivity contribution is 6.30. The highest BCUT2D eigenvalue weighted by Gasteiger charge is 2.28. The van der Waals surface area contributed by atoms with E-state index in [1.54, 1.807) is 20.3 Å². The van der Waals surface area contributed by atoms with Gasteiger partial charge in [-0.05, 0) is 24.3 Å². The summed E-state index contributed by atoms with van der Waals surface area (Å²) in [6.07, 6.45) is 0.443. The van der Waals surface area contributed by atoms with E-state index in [2.05, 4.69) is 4.90 Å². The first-order valence-corrected chi connectivity index (χ1v) is 7.34. The van der Waals surface area contributed by atoms with Crippen LogP contribution in [-0.2, 0) is 0 Å². The lowest BCUT2D eigenvalue weighted by Gasteiger charge is -2.31. The van der Waals surface area contributed by atoms with E-state index in [4.69, 9.17) is 21.1 Å². The van der Waals surface area contributed by atoms with E-state index in [-0.39, 0.29) is 5.78 Å². The highest BCUT2D eigenvalue weighted by Crippen LogP contribution is 2.41. The van der Waals surface area contributed by atoms with E-state index >= 15 is 0 Å². The Morgan fingerprint density at radius 2 is 1.82 bits per heavy atom. The van der Waals surface area contributed by atoms with E-state index < -0.39 is 0 Å². The van der Waals surface area contributed by atoms with Crippen molar-refractivity contribution < 1.29 is 14.3 Å². The Morgan fingerprint density at radius 3 is 2.45 bits per heavy atom. The third-order valence-electron chi connectivity index (χ3n) is 3.78. The largest absolute Gasteiger partial charge is 0.497 e. The second-order valence-electron chi connectivity index (χ2n) is 5.03. The van der Waals surface area contributed by atoms with Crippen molar-refractivity contribution in [2.45, 2.75) is 6.42 Å². The minimum Gasteiger partial charge on any atom is -0.497 e. The van der Waals surface area contributed by atoms with Crippen molar-refractivity contribution in [3.8, 4) is 11.5 Å². The van der Waals surface area contributed by atoms with Gasteiger partial charge < -0.3 is 14.4 Å². The molecule has 0 unspecified atom stereocenters. The molecule has 1 aliphatic heterocycles. The van der Waals surface area contributed by atoms with Crippen LogP contribution in [0.1, 0.15) is 16.8 Å². The molecule has 0 aliphatic carbocycles. The average Bonchev–Trinajstić information content (AvgIpc) is 2.55. The summed E-state index contributed by atoms with van der Waals surface area (Å²) in [5.41, 5.74) is 2.38. The predicted octanol–water partition coefficient (Wildman–Crippen LogP) is 4.08. The number of Topliss-reactive ketones (excluding diaryl/α,β-unsaturated/α-hetero) is 1. The van der Waals surface area contributed by atoms with Crippen molar-refractivity contribution in [1.29, 1.82) is 0 Å². The van der Waals surface area contributed by atoms with Crippen LogP contribution in [0.3, 0.4) is 0 Å². The molecule has 114 valence electrons. The van der Waals surface area contributed by atoms with Gasteiger partial charge in [0.05, 0.1) is 25.5 Å². The number of rotatable bonds is 3. The number of nitrogens with zero attached hydrogens (tertiary/aromatic N) is 1. The van der Waals surface area contributed by atoms with Crippen molar-refractivity contribution in [3.05, 3.63) is 47.0 Å². The molecule has 0 atom stereocenters. The molecule has 0 amide bonds. The van der Waals surface area contributed by atoms with Crippen molar-refractivity contribution in [2.75, 3.05) is 25.7 Å². The van der Waals surface area contributed by atoms with Gasteiger partial charge in [-0.2, -0.15) is 0 Å². The van der Waals surface area contributed by atoms with Gasteiger partial charge in [0.2, 0.25) is 0 Å². The van der Waals surface area contributed by atoms with Crippen molar-refractivity contribution >= 4 is 28.8 Å². The molecule has 2 aromatic rings. The van der Waals surface area contributed by atoms with Crippen LogP contribution in [0.5, 0.6) is 11.5 Å². The second-order valence-corrected chi connectivity index (χ2v) is 5.46. The van der Waals surface area contributed by atoms with E-state index in [0.717, 1.165) is 11.4 Å². The van der Waals surface area contributed by atoms with Crippen molar-refractivity contribution in [2.24, 2.45) is 0 Å². The first kappa shape index (κ1) is 14.7. The fourth-order valence-electron chi connectivity index (χ4n) is 2.70. The number of hydrogen-bond donors (Lipinski definition) is 0. The summed E-state index contributed by atoms with van der Waals surface area (Å²) in [6, 6.07) is 11.2. The van der Waals surface area contributed by atoms with Gasteiger partial charge >= 0.3 is 0 Å². The maximum Gasteiger partial charge on any atom is 0.170 e. The number of benzene rings is 2. The molecule has 1 aliphatic rings. The van der Waals surface area contributed by atoms with Gasteiger partial charge in [0, 0.05) is 35.8 Å².